The molecule has 2 aromatic heterocycles. The molecule has 4 nitrogen and oxygen atoms in total. The Kier molecular flexibility index (Phi) is 2.84. The van der Waals surface area contributed by atoms with Gasteiger partial charge in [-0.1, -0.05) is 0 Å². The van der Waals surface area contributed by atoms with E-state index in [0.29, 0.717) is 17.5 Å². The minimum atomic E-state index is 0.330. The van der Waals surface area contributed by atoms with Gasteiger partial charge in [0.25, 0.3) is 0 Å². The Labute approximate surface area is 100 Å². The molecule has 2 rings (SSSR count). The molecule has 0 spiro atoms. The highest BCUT2D eigenvalue weighted by atomic mass is 79.9. The third-order valence-electron chi connectivity index (χ3n) is 2.11. The predicted octanol–water partition coefficient (Wildman–Crippen LogP) is 2.88. The molecule has 0 fully saturated rings. The molecule has 0 bridgehead atoms. The minimum absolute atomic E-state index is 0.330. The lowest BCUT2D eigenvalue weighted by atomic mass is 10.4. The summed E-state index contributed by atoms with van der Waals surface area (Å²) in [6, 6.07) is 0. The molecule has 0 aliphatic carbocycles. The normalized spacial score (nSPS) is 10.9. The summed E-state index contributed by atoms with van der Waals surface area (Å²) in [4.78, 5) is 4.29. The first-order chi connectivity index (χ1) is 7.13. The number of nitrogens with zero attached hydrogens (tertiary/aromatic N) is 3. The van der Waals surface area contributed by atoms with Crippen LogP contribution in [0.15, 0.2) is 15.2 Å². The number of alkyl halides is 1. The van der Waals surface area contributed by atoms with Crippen molar-refractivity contribution in [2.45, 2.75) is 12.8 Å². The van der Waals surface area contributed by atoms with Gasteiger partial charge in [-0.2, -0.15) is 5.10 Å². The van der Waals surface area contributed by atoms with Gasteiger partial charge in [0.05, 0.1) is 23.3 Å². The second-order valence-electron chi connectivity index (χ2n) is 3.13. The van der Waals surface area contributed by atoms with Gasteiger partial charge < -0.3 is 4.42 Å². The average molecular weight is 291 g/mol. The Morgan fingerprint density at radius 1 is 1.60 bits per heavy atom. The molecular formula is C9H9BrClN3O. The summed E-state index contributed by atoms with van der Waals surface area (Å²) in [5.41, 5.74) is 1.65. The predicted molar refractivity (Wildman–Crippen MR) is 60.7 cm³/mol. The van der Waals surface area contributed by atoms with Gasteiger partial charge in [-0.05, 0) is 22.9 Å². The molecule has 0 atom stereocenters. The van der Waals surface area contributed by atoms with Crippen molar-refractivity contribution in [2.75, 3.05) is 0 Å². The topological polar surface area (TPSA) is 43.9 Å². The Morgan fingerprint density at radius 3 is 2.80 bits per heavy atom. The smallest absolute Gasteiger partial charge is 0.230 e. The van der Waals surface area contributed by atoms with E-state index in [2.05, 4.69) is 26.0 Å². The zero-order chi connectivity index (χ0) is 11.0. The van der Waals surface area contributed by atoms with Crippen LogP contribution in [-0.4, -0.2) is 14.8 Å². The fourth-order valence-corrected chi connectivity index (χ4v) is 1.84. The zero-order valence-electron chi connectivity index (χ0n) is 8.29. The first-order valence-electron chi connectivity index (χ1n) is 4.33. The van der Waals surface area contributed by atoms with Crippen LogP contribution in [0, 0.1) is 6.92 Å². The molecule has 2 aromatic rings. The summed E-state index contributed by atoms with van der Waals surface area (Å²) in [6.07, 6.45) is 1.70. The van der Waals surface area contributed by atoms with Crippen molar-refractivity contribution in [3.05, 3.63) is 22.3 Å². The number of oxazole rings is 1. The number of aromatic nitrogens is 3. The van der Waals surface area contributed by atoms with Gasteiger partial charge >= 0.3 is 0 Å². The van der Waals surface area contributed by atoms with E-state index in [1.165, 1.54) is 0 Å². The molecule has 6 heteroatoms. The lowest BCUT2D eigenvalue weighted by Gasteiger charge is -1.92. The van der Waals surface area contributed by atoms with Gasteiger partial charge in [-0.15, -0.1) is 11.6 Å². The second-order valence-corrected chi connectivity index (χ2v) is 4.15. The summed E-state index contributed by atoms with van der Waals surface area (Å²) in [5, 5.41) is 4.09. The fourth-order valence-electron chi connectivity index (χ4n) is 1.23. The summed E-state index contributed by atoms with van der Waals surface area (Å²) in [5.74, 6) is 1.57. The maximum absolute atomic E-state index is 5.71. The van der Waals surface area contributed by atoms with Crippen LogP contribution in [0.5, 0.6) is 0 Å². The van der Waals surface area contributed by atoms with E-state index < -0.39 is 0 Å². The van der Waals surface area contributed by atoms with Gasteiger partial charge in [0.2, 0.25) is 5.89 Å². The summed E-state index contributed by atoms with van der Waals surface area (Å²) in [6.45, 7) is 1.87. The molecule has 0 saturated carbocycles. The highest BCUT2D eigenvalue weighted by Crippen LogP contribution is 2.28. The van der Waals surface area contributed by atoms with Gasteiger partial charge in [-0.25, -0.2) is 4.98 Å². The maximum atomic E-state index is 5.71. The zero-order valence-corrected chi connectivity index (χ0v) is 10.6. The van der Waals surface area contributed by atoms with Crippen molar-refractivity contribution in [3.63, 3.8) is 0 Å². The molecule has 2 heterocycles. The molecule has 0 aromatic carbocycles. The Balaban J connectivity index is 2.50. The number of hydrogen-bond donors (Lipinski definition) is 0. The Morgan fingerprint density at radius 2 is 2.33 bits per heavy atom. The highest BCUT2D eigenvalue weighted by Gasteiger charge is 2.15. The molecule has 15 heavy (non-hydrogen) atoms. The average Bonchev–Trinajstić information content (AvgIpc) is 2.72. The quantitative estimate of drug-likeness (QED) is 0.799. The van der Waals surface area contributed by atoms with Gasteiger partial charge in [0.1, 0.15) is 10.4 Å². The highest BCUT2D eigenvalue weighted by molar-refractivity contribution is 9.10. The molecule has 0 aliphatic rings. The SMILES string of the molecule is Cc1nc(-c2cnn(C)c2Br)oc1CCl. The minimum Gasteiger partial charge on any atom is -0.439 e. The largest absolute Gasteiger partial charge is 0.439 e. The maximum Gasteiger partial charge on any atom is 0.230 e. The van der Waals surface area contributed by atoms with E-state index in [1.807, 2.05) is 14.0 Å². The van der Waals surface area contributed by atoms with E-state index in [9.17, 15) is 0 Å². The number of hydrogen-bond acceptors (Lipinski definition) is 3. The number of halogens is 2. The van der Waals surface area contributed by atoms with Crippen molar-refractivity contribution >= 4 is 27.5 Å². The van der Waals surface area contributed by atoms with Gasteiger partial charge in [0.15, 0.2) is 0 Å². The van der Waals surface area contributed by atoms with E-state index in [1.54, 1.807) is 10.9 Å². The monoisotopic (exact) mass is 289 g/mol. The first-order valence-corrected chi connectivity index (χ1v) is 5.66. The van der Waals surface area contributed by atoms with Crippen molar-refractivity contribution in [1.29, 1.82) is 0 Å². The third kappa shape index (κ3) is 1.81. The number of aryl methyl sites for hydroxylation is 2. The van der Waals surface area contributed by atoms with Crippen molar-refractivity contribution in [2.24, 2.45) is 7.05 Å². The van der Waals surface area contributed by atoms with Gasteiger partial charge in [0, 0.05) is 7.05 Å². The van der Waals surface area contributed by atoms with Crippen LogP contribution < -0.4 is 0 Å². The van der Waals surface area contributed by atoms with Crippen LogP contribution in [0.1, 0.15) is 11.5 Å². The molecule has 0 radical (unpaired) electrons. The molecule has 0 aliphatic heterocycles. The van der Waals surface area contributed by atoms with Crippen molar-refractivity contribution in [3.8, 4) is 11.5 Å². The van der Waals surface area contributed by atoms with E-state index in [-0.39, 0.29) is 0 Å². The molecule has 0 amide bonds. The Hall–Kier alpha value is -0.810. The lowest BCUT2D eigenvalue weighted by molar-refractivity contribution is 0.535. The second kappa shape index (κ2) is 3.98. The summed E-state index contributed by atoms with van der Waals surface area (Å²) < 4.78 is 8.06. The molecule has 0 unspecified atom stereocenters. The van der Waals surface area contributed by atoms with Crippen molar-refractivity contribution < 1.29 is 4.42 Å². The first kappa shape index (κ1) is 10.7. The Bertz CT molecular complexity index is 492. The van der Waals surface area contributed by atoms with E-state index >= 15 is 0 Å². The van der Waals surface area contributed by atoms with Gasteiger partial charge in [-0.3, -0.25) is 4.68 Å². The van der Waals surface area contributed by atoms with Crippen molar-refractivity contribution in [1.82, 2.24) is 14.8 Å². The van der Waals surface area contributed by atoms with E-state index in [4.69, 9.17) is 16.0 Å². The van der Waals surface area contributed by atoms with Crippen LogP contribution >= 0.6 is 27.5 Å². The van der Waals surface area contributed by atoms with E-state index in [0.717, 1.165) is 15.9 Å². The van der Waals surface area contributed by atoms with Crippen LogP contribution in [0.3, 0.4) is 0 Å². The molecular weight excluding hydrogens is 281 g/mol. The molecule has 0 saturated heterocycles. The molecule has 80 valence electrons. The standard InChI is InChI=1S/C9H9BrClN3O/c1-5-7(3-11)15-9(13-5)6-4-12-14(2)8(6)10/h4H,3H2,1-2H3. The lowest BCUT2D eigenvalue weighted by Crippen LogP contribution is -1.88. The van der Waals surface area contributed by atoms with Crippen LogP contribution in [0.4, 0.5) is 0 Å². The van der Waals surface area contributed by atoms with Crippen LogP contribution in [-0.2, 0) is 12.9 Å². The van der Waals surface area contributed by atoms with Crippen LogP contribution in [0.25, 0.3) is 11.5 Å². The number of rotatable bonds is 2. The van der Waals surface area contributed by atoms with Crippen LogP contribution in [0.2, 0.25) is 0 Å². The fraction of sp³-hybridized carbons (Fsp3) is 0.333. The summed E-state index contributed by atoms with van der Waals surface area (Å²) in [7, 11) is 1.84. The molecule has 0 N–H and O–H groups in total. The summed E-state index contributed by atoms with van der Waals surface area (Å²) >= 11 is 9.12. The third-order valence-corrected chi connectivity index (χ3v) is 3.29.